The first-order chi connectivity index (χ1) is 10.7. The van der Waals surface area contributed by atoms with Gasteiger partial charge in [-0.3, -0.25) is 4.90 Å². The molecule has 0 saturated carbocycles. The third kappa shape index (κ3) is 5.54. The van der Waals surface area contributed by atoms with E-state index in [1.807, 2.05) is 26.8 Å². The standard InChI is InChI=1S/C19H30N2O2/c1-14(2)21-12-16(15-9-7-6-8-10-15)11-17(13-21)20-18(22)23-19(3,4)5/h6-10,14,16-17H,11-13H2,1-5H3,(H,20,22). The Morgan fingerprint density at radius 1 is 1.22 bits per heavy atom. The number of nitrogens with one attached hydrogen (secondary N) is 1. The van der Waals surface area contributed by atoms with Gasteiger partial charge in [-0.15, -0.1) is 0 Å². The molecule has 23 heavy (non-hydrogen) atoms. The highest BCUT2D eigenvalue weighted by molar-refractivity contribution is 5.68. The molecule has 1 amide bonds. The van der Waals surface area contributed by atoms with Gasteiger partial charge in [-0.1, -0.05) is 30.3 Å². The van der Waals surface area contributed by atoms with E-state index in [4.69, 9.17) is 4.74 Å². The van der Waals surface area contributed by atoms with Crippen LogP contribution in [0.5, 0.6) is 0 Å². The van der Waals surface area contributed by atoms with Crippen LogP contribution >= 0.6 is 0 Å². The van der Waals surface area contributed by atoms with E-state index in [1.54, 1.807) is 0 Å². The number of nitrogens with zero attached hydrogens (tertiary/aromatic N) is 1. The van der Waals surface area contributed by atoms with Gasteiger partial charge in [0.05, 0.1) is 0 Å². The lowest BCUT2D eigenvalue weighted by atomic mass is 9.87. The molecule has 0 aromatic heterocycles. The minimum atomic E-state index is -0.463. The third-order valence-electron chi connectivity index (χ3n) is 4.20. The largest absolute Gasteiger partial charge is 0.444 e. The van der Waals surface area contributed by atoms with Crippen LogP contribution in [-0.4, -0.2) is 41.8 Å². The summed E-state index contributed by atoms with van der Waals surface area (Å²) in [5, 5.41) is 3.06. The van der Waals surface area contributed by atoms with Crippen molar-refractivity contribution in [2.24, 2.45) is 0 Å². The van der Waals surface area contributed by atoms with Crippen LogP contribution in [0, 0.1) is 0 Å². The summed E-state index contributed by atoms with van der Waals surface area (Å²) in [4.78, 5) is 14.5. The second-order valence-corrected chi connectivity index (χ2v) is 7.73. The van der Waals surface area contributed by atoms with Crippen LogP contribution in [0.25, 0.3) is 0 Å². The van der Waals surface area contributed by atoms with Crippen LogP contribution in [0.15, 0.2) is 30.3 Å². The Balaban J connectivity index is 2.05. The molecule has 128 valence electrons. The number of amides is 1. The van der Waals surface area contributed by atoms with E-state index in [2.05, 4.69) is 48.3 Å². The first-order valence-electron chi connectivity index (χ1n) is 8.53. The average molecular weight is 318 g/mol. The lowest BCUT2D eigenvalue weighted by molar-refractivity contribution is 0.0451. The number of hydrogen-bond acceptors (Lipinski definition) is 3. The Kier molecular flexibility index (Phi) is 5.69. The zero-order valence-corrected chi connectivity index (χ0v) is 15.0. The van der Waals surface area contributed by atoms with Crippen LogP contribution in [0.2, 0.25) is 0 Å². The summed E-state index contributed by atoms with van der Waals surface area (Å²) in [5.74, 6) is 0.437. The highest BCUT2D eigenvalue weighted by Crippen LogP contribution is 2.28. The van der Waals surface area contributed by atoms with Crippen molar-refractivity contribution in [1.29, 1.82) is 0 Å². The predicted molar refractivity (Wildman–Crippen MR) is 93.7 cm³/mol. The molecule has 1 fully saturated rings. The maximum absolute atomic E-state index is 12.1. The molecule has 4 nitrogen and oxygen atoms in total. The third-order valence-corrected chi connectivity index (χ3v) is 4.20. The summed E-state index contributed by atoms with van der Waals surface area (Å²) in [7, 11) is 0. The second-order valence-electron chi connectivity index (χ2n) is 7.73. The molecule has 0 radical (unpaired) electrons. The molecule has 1 aromatic rings. The van der Waals surface area contributed by atoms with Gasteiger partial charge < -0.3 is 10.1 Å². The van der Waals surface area contributed by atoms with Crippen LogP contribution in [0.1, 0.15) is 52.5 Å². The van der Waals surface area contributed by atoms with Gasteiger partial charge in [-0.25, -0.2) is 4.79 Å². The van der Waals surface area contributed by atoms with Crippen molar-refractivity contribution in [3.05, 3.63) is 35.9 Å². The molecule has 1 aliphatic heterocycles. The van der Waals surface area contributed by atoms with Gasteiger partial charge in [0.1, 0.15) is 5.60 Å². The number of benzene rings is 1. The van der Waals surface area contributed by atoms with Crippen LogP contribution in [0.4, 0.5) is 4.79 Å². The molecule has 0 aliphatic carbocycles. The van der Waals surface area contributed by atoms with E-state index in [-0.39, 0.29) is 12.1 Å². The molecular weight excluding hydrogens is 288 g/mol. The van der Waals surface area contributed by atoms with Gasteiger partial charge >= 0.3 is 6.09 Å². The van der Waals surface area contributed by atoms with Crippen molar-refractivity contribution in [1.82, 2.24) is 10.2 Å². The molecule has 2 unspecified atom stereocenters. The van der Waals surface area contributed by atoms with Crippen molar-refractivity contribution >= 4 is 6.09 Å². The summed E-state index contributed by atoms with van der Waals surface area (Å²) in [6, 6.07) is 11.1. The SMILES string of the molecule is CC(C)N1CC(NC(=O)OC(C)(C)C)CC(c2ccccc2)C1. The minimum absolute atomic E-state index is 0.117. The minimum Gasteiger partial charge on any atom is -0.444 e. The van der Waals surface area contributed by atoms with E-state index < -0.39 is 5.60 Å². The van der Waals surface area contributed by atoms with Gasteiger partial charge in [0.15, 0.2) is 0 Å². The zero-order valence-electron chi connectivity index (χ0n) is 15.0. The summed E-state index contributed by atoms with van der Waals surface area (Å²) < 4.78 is 5.41. The van der Waals surface area contributed by atoms with Crippen LogP contribution in [0.3, 0.4) is 0 Å². The Morgan fingerprint density at radius 3 is 2.43 bits per heavy atom. The molecule has 0 spiro atoms. The highest BCUT2D eigenvalue weighted by atomic mass is 16.6. The molecule has 2 rings (SSSR count). The Morgan fingerprint density at radius 2 is 1.87 bits per heavy atom. The maximum atomic E-state index is 12.1. The van der Waals surface area contributed by atoms with E-state index in [9.17, 15) is 4.79 Å². The number of carbonyl (C=O) groups is 1. The number of likely N-dealkylation sites (tertiary alicyclic amines) is 1. The molecule has 1 N–H and O–H groups in total. The molecule has 1 saturated heterocycles. The number of carbonyl (C=O) groups excluding carboxylic acids is 1. The van der Waals surface area contributed by atoms with E-state index in [0.717, 1.165) is 19.5 Å². The monoisotopic (exact) mass is 318 g/mol. The van der Waals surface area contributed by atoms with Gasteiger partial charge in [0.25, 0.3) is 0 Å². The fourth-order valence-corrected chi connectivity index (χ4v) is 3.10. The molecule has 1 aromatic carbocycles. The topological polar surface area (TPSA) is 41.6 Å². The van der Waals surface area contributed by atoms with Crippen LogP contribution < -0.4 is 5.32 Å². The first-order valence-corrected chi connectivity index (χ1v) is 8.53. The normalized spacial score (nSPS) is 22.9. The van der Waals surface area contributed by atoms with Crippen molar-refractivity contribution in [2.45, 2.75) is 64.6 Å². The lowest BCUT2D eigenvalue weighted by Gasteiger charge is -2.40. The lowest BCUT2D eigenvalue weighted by Crippen LogP contribution is -2.52. The molecule has 2 atom stereocenters. The highest BCUT2D eigenvalue weighted by Gasteiger charge is 2.31. The number of ether oxygens (including phenoxy) is 1. The summed E-state index contributed by atoms with van der Waals surface area (Å²) in [6.07, 6.45) is 0.631. The van der Waals surface area contributed by atoms with Gasteiger partial charge in [0.2, 0.25) is 0 Å². The number of hydrogen-bond donors (Lipinski definition) is 1. The van der Waals surface area contributed by atoms with E-state index in [1.165, 1.54) is 5.56 Å². The van der Waals surface area contributed by atoms with Crippen molar-refractivity contribution in [2.75, 3.05) is 13.1 Å². The van der Waals surface area contributed by atoms with Gasteiger partial charge in [0, 0.05) is 25.2 Å². The average Bonchev–Trinajstić information content (AvgIpc) is 2.45. The molecule has 0 bridgehead atoms. The Bertz CT molecular complexity index is 508. The molecule has 1 heterocycles. The number of piperidine rings is 1. The smallest absolute Gasteiger partial charge is 0.407 e. The number of rotatable bonds is 3. The van der Waals surface area contributed by atoms with Crippen molar-refractivity contribution in [3.8, 4) is 0 Å². The summed E-state index contributed by atoms with van der Waals surface area (Å²) in [5.41, 5.74) is 0.879. The first kappa shape index (κ1) is 17.8. The van der Waals surface area contributed by atoms with Gasteiger partial charge in [-0.2, -0.15) is 0 Å². The summed E-state index contributed by atoms with van der Waals surface area (Å²) in [6.45, 7) is 12.0. The fraction of sp³-hybridized carbons (Fsp3) is 0.632. The quantitative estimate of drug-likeness (QED) is 0.922. The van der Waals surface area contributed by atoms with Crippen molar-refractivity contribution in [3.63, 3.8) is 0 Å². The van der Waals surface area contributed by atoms with Crippen LogP contribution in [-0.2, 0) is 4.74 Å². The molecule has 4 heteroatoms. The Labute approximate surface area is 140 Å². The second kappa shape index (κ2) is 7.35. The van der Waals surface area contributed by atoms with Gasteiger partial charge in [-0.05, 0) is 52.5 Å². The van der Waals surface area contributed by atoms with E-state index >= 15 is 0 Å². The van der Waals surface area contributed by atoms with Crippen molar-refractivity contribution < 1.29 is 9.53 Å². The molecular formula is C19H30N2O2. The number of alkyl carbamates (subject to hydrolysis) is 1. The fourth-order valence-electron chi connectivity index (χ4n) is 3.10. The zero-order chi connectivity index (χ0) is 17.0. The summed E-state index contributed by atoms with van der Waals surface area (Å²) >= 11 is 0. The maximum Gasteiger partial charge on any atom is 0.407 e. The molecule has 1 aliphatic rings. The van der Waals surface area contributed by atoms with E-state index in [0.29, 0.717) is 12.0 Å². The Hall–Kier alpha value is -1.55. The predicted octanol–water partition coefficient (Wildman–Crippen LogP) is 3.78.